The van der Waals surface area contributed by atoms with E-state index in [-0.39, 0.29) is 16.7 Å². The Balaban J connectivity index is 1.76. The van der Waals surface area contributed by atoms with Crippen molar-refractivity contribution in [1.82, 2.24) is 0 Å². The molecule has 4 rings (SSSR count). The molecule has 3 aromatic carbocycles. The van der Waals surface area contributed by atoms with Gasteiger partial charge in [-0.1, -0.05) is 59.0 Å². The van der Waals surface area contributed by atoms with E-state index >= 15 is 0 Å². The van der Waals surface area contributed by atoms with Crippen LogP contribution in [0.15, 0.2) is 95.4 Å². The van der Waals surface area contributed by atoms with Gasteiger partial charge in [0, 0.05) is 0 Å². The number of thioether (sulfide) groups is 1. The summed E-state index contributed by atoms with van der Waals surface area (Å²) in [6.07, 6.45) is -1.90. The molecule has 11 heteroatoms. The Morgan fingerprint density at radius 1 is 0.744 bits per heavy atom. The molecular formula is C32H33NO8S2. The highest BCUT2D eigenvalue weighted by atomic mass is 32.2. The van der Waals surface area contributed by atoms with Gasteiger partial charge in [-0.3, -0.25) is 0 Å². The van der Waals surface area contributed by atoms with E-state index in [0.717, 1.165) is 0 Å². The Labute approximate surface area is 258 Å². The summed E-state index contributed by atoms with van der Waals surface area (Å²) in [5, 5.41) is 0. The van der Waals surface area contributed by atoms with Gasteiger partial charge in [0.05, 0.1) is 22.9 Å². The van der Waals surface area contributed by atoms with Gasteiger partial charge >= 0.3 is 17.9 Å². The zero-order valence-electron chi connectivity index (χ0n) is 24.2. The fourth-order valence-electron chi connectivity index (χ4n) is 4.11. The second-order valence-electron chi connectivity index (χ2n) is 10.5. The molecule has 0 aliphatic carbocycles. The van der Waals surface area contributed by atoms with Gasteiger partial charge in [0.15, 0.2) is 18.3 Å². The van der Waals surface area contributed by atoms with Crippen molar-refractivity contribution >= 4 is 47.2 Å². The van der Waals surface area contributed by atoms with Crippen molar-refractivity contribution in [2.75, 3.05) is 6.26 Å². The lowest BCUT2D eigenvalue weighted by atomic mass is 9.99. The van der Waals surface area contributed by atoms with Crippen LogP contribution in [0.2, 0.25) is 0 Å². The van der Waals surface area contributed by atoms with Crippen molar-refractivity contribution in [3.05, 3.63) is 108 Å². The van der Waals surface area contributed by atoms with Crippen LogP contribution in [0.3, 0.4) is 0 Å². The molecule has 0 spiro atoms. The van der Waals surface area contributed by atoms with E-state index in [9.17, 15) is 18.9 Å². The highest BCUT2D eigenvalue weighted by Crippen LogP contribution is 2.34. The largest absolute Gasteiger partial charge is 0.591 e. The third-order valence-electron chi connectivity index (χ3n) is 6.35. The number of rotatable bonds is 9. The summed E-state index contributed by atoms with van der Waals surface area (Å²) >= 11 is -0.451. The Bertz CT molecular complexity index is 1400. The van der Waals surface area contributed by atoms with Crippen LogP contribution in [0, 0.1) is 0 Å². The van der Waals surface area contributed by atoms with E-state index in [4.69, 9.17) is 18.9 Å². The van der Waals surface area contributed by atoms with Gasteiger partial charge in [-0.15, -0.1) is 11.8 Å². The molecule has 0 amide bonds. The van der Waals surface area contributed by atoms with Crippen LogP contribution >= 0.6 is 11.8 Å². The van der Waals surface area contributed by atoms with E-state index in [1.165, 1.54) is 18.0 Å². The van der Waals surface area contributed by atoms with Gasteiger partial charge in [0.25, 0.3) is 0 Å². The first kappa shape index (κ1) is 32.3. The minimum atomic E-state index is -1.66. The van der Waals surface area contributed by atoms with Crippen LogP contribution in [0.4, 0.5) is 0 Å². The van der Waals surface area contributed by atoms with Crippen LogP contribution in [-0.2, 0) is 30.3 Å². The second kappa shape index (κ2) is 14.7. The Kier molecular flexibility index (Phi) is 11.0. The number of esters is 3. The summed E-state index contributed by atoms with van der Waals surface area (Å²) in [4.78, 5) is 39.9. The summed E-state index contributed by atoms with van der Waals surface area (Å²) in [5.41, 5.74) is -0.102. The fourth-order valence-corrected chi connectivity index (χ4v) is 5.37. The van der Waals surface area contributed by atoms with Crippen molar-refractivity contribution in [2.24, 2.45) is 4.40 Å². The van der Waals surface area contributed by atoms with Gasteiger partial charge in [-0.05, 0) is 63.4 Å². The van der Waals surface area contributed by atoms with Crippen LogP contribution in [-0.4, -0.2) is 69.5 Å². The van der Waals surface area contributed by atoms with Crippen molar-refractivity contribution in [1.29, 1.82) is 0 Å². The molecule has 3 aromatic rings. The Hall–Kier alpha value is -3.64. The number of carbonyl (C=O) groups is 3. The molecular weight excluding hydrogens is 590 g/mol. The summed E-state index contributed by atoms with van der Waals surface area (Å²) in [7, 11) is 0. The molecule has 0 bridgehead atoms. The van der Waals surface area contributed by atoms with Crippen molar-refractivity contribution in [3.8, 4) is 0 Å². The molecule has 226 valence electrons. The highest BCUT2D eigenvalue weighted by Gasteiger charge is 2.52. The second-order valence-corrected chi connectivity index (χ2v) is 13.4. The van der Waals surface area contributed by atoms with Gasteiger partial charge < -0.3 is 23.5 Å². The lowest BCUT2D eigenvalue weighted by Gasteiger charge is -2.43. The molecule has 0 N–H and O–H groups in total. The minimum absolute atomic E-state index is 0.245. The minimum Gasteiger partial charge on any atom is -0.591 e. The first-order valence-electron chi connectivity index (χ1n) is 13.5. The molecule has 1 aliphatic rings. The van der Waals surface area contributed by atoms with E-state index in [1.54, 1.807) is 118 Å². The molecule has 43 heavy (non-hydrogen) atoms. The highest BCUT2D eigenvalue weighted by molar-refractivity contribution is 7.99. The number of benzene rings is 3. The molecule has 6 atom stereocenters. The maximum absolute atomic E-state index is 13.4. The first-order valence-corrected chi connectivity index (χ1v) is 15.9. The number of ether oxygens (including phenoxy) is 4. The molecule has 0 saturated carbocycles. The standard InChI is InChI=1S/C32H33NO8S2/c1-32(2,3)43(37)33-20-24-25(39-28(34)21-14-8-5-9-15-21)26(40-29(35)22-16-10-6-11-17-22)27(31(38-24)42-4)41-30(36)23-18-12-7-13-19-23/h5-20,24-27,31H,1-4H3/b33-20+/t24-,25?,26?,27-,31?,43-/m1/s1. The van der Waals surface area contributed by atoms with Crippen molar-refractivity contribution in [3.63, 3.8) is 0 Å². The molecule has 1 heterocycles. The number of carbonyl (C=O) groups excluding carboxylic acids is 3. The topological polar surface area (TPSA) is 124 Å². The van der Waals surface area contributed by atoms with Crippen LogP contribution in [0.1, 0.15) is 51.8 Å². The van der Waals surface area contributed by atoms with E-state index in [2.05, 4.69) is 4.40 Å². The zero-order valence-corrected chi connectivity index (χ0v) is 25.8. The monoisotopic (exact) mass is 623 g/mol. The van der Waals surface area contributed by atoms with Gasteiger partial charge in [-0.2, -0.15) is 0 Å². The maximum atomic E-state index is 13.4. The summed E-state index contributed by atoms with van der Waals surface area (Å²) < 4.78 is 40.4. The SMILES string of the molecule is CSC1O[C@H](/C=N/[S@+]([O-])C(C)(C)C)C(OC(=O)c2ccccc2)C(OC(=O)c2ccccc2)[C@H]1OC(=O)c1ccccc1. The molecule has 1 fully saturated rings. The number of hydrogen-bond acceptors (Lipinski definition) is 10. The Morgan fingerprint density at radius 2 is 1.14 bits per heavy atom. The smallest absolute Gasteiger partial charge is 0.338 e. The molecule has 1 aliphatic heterocycles. The molecule has 0 aromatic heterocycles. The molecule has 0 radical (unpaired) electrons. The predicted molar refractivity (Wildman–Crippen MR) is 165 cm³/mol. The van der Waals surface area contributed by atoms with E-state index in [0.29, 0.717) is 0 Å². The molecule has 9 nitrogen and oxygen atoms in total. The van der Waals surface area contributed by atoms with Gasteiger partial charge in [0.2, 0.25) is 0 Å². The normalized spacial score (nSPS) is 22.9. The molecule has 3 unspecified atom stereocenters. The van der Waals surface area contributed by atoms with Crippen molar-refractivity contribution < 1.29 is 37.9 Å². The van der Waals surface area contributed by atoms with Gasteiger partial charge in [0.1, 0.15) is 27.6 Å². The van der Waals surface area contributed by atoms with Crippen molar-refractivity contribution in [2.45, 2.75) is 55.4 Å². The van der Waals surface area contributed by atoms with Crippen LogP contribution < -0.4 is 0 Å². The lowest BCUT2D eigenvalue weighted by molar-refractivity contribution is -0.181. The summed E-state index contributed by atoms with van der Waals surface area (Å²) in [6.45, 7) is 5.30. The summed E-state index contributed by atoms with van der Waals surface area (Å²) in [6, 6.07) is 24.9. The predicted octanol–water partition coefficient (Wildman–Crippen LogP) is 5.28. The number of nitrogens with zero attached hydrogens (tertiary/aromatic N) is 1. The average molecular weight is 624 g/mol. The first-order chi connectivity index (χ1) is 20.6. The zero-order chi connectivity index (χ0) is 31.0. The van der Waals surface area contributed by atoms with Crippen LogP contribution in [0.5, 0.6) is 0 Å². The summed E-state index contributed by atoms with van der Waals surface area (Å²) in [5.74, 6) is -2.12. The molecule has 1 saturated heterocycles. The lowest BCUT2D eigenvalue weighted by Crippen LogP contribution is -2.61. The van der Waals surface area contributed by atoms with Crippen LogP contribution in [0.25, 0.3) is 0 Å². The average Bonchev–Trinajstić information content (AvgIpc) is 3.02. The quantitative estimate of drug-likeness (QED) is 0.135. The fraction of sp³-hybridized carbons (Fsp3) is 0.312. The van der Waals surface area contributed by atoms with E-state index in [1.807, 2.05) is 0 Å². The number of hydrogen-bond donors (Lipinski definition) is 0. The third kappa shape index (κ3) is 8.47. The Morgan fingerprint density at radius 3 is 1.53 bits per heavy atom. The third-order valence-corrected chi connectivity index (χ3v) is 8.55. The van der Waals surface area contributed by atoms with Gasteiger partial charge in [-0.25, -0.2) is 14.4 Å². The van der Waals surface area contributed by atoms with E-state index < -0.39 is 63.9 Å². The maximum Gasteiger partial charge on any atom is 0.338 e.